The molecule has 1 N–H and O–H groups in total. The van der Waals surface area contributed by atoms with Gasteiger partial charge in [-0.3, -0.25) is 4.79 Å². The molecule has 0 spiro atoms. The van der Waals surface area contributed by atoms with Gasteiger partial charge in [0.05, 0.1) is 11.4 Å². The van der Waals surface area contributed by atoms with E-state index in [9.17, 15) is 13.6 Å². The second-order valence-electron chi connectivity index (χ2n) is 5.17. The summed E-state index contributed by atoms with van der Waals surface area (Å²) < 4.78 is 28.5. The van der Waals surface area contributed by atoms with Crippen molar-refractivity contribution in [3.05, 3.63) is 58.0 Å². The number of rotatable bonds is 6. The fourth-order valence-corrected chi connectivity index (χ4v) is 3.53. The van der Waals surface area contributed by atoms with Gasteiger partial charge in [0.2, 0.25) is 5.91 Å². The summed E-state index contributed by atoms with van der Waals surface area (Å²) in [6.45, 7) is 0. The SMILES string of the molecule is Cn1c(Cc2cccs2)nnc1SCC(=O)Nc1cc(F)ccc1F. The van der Waals surface area contributed by atoms with Crippen LogP contribution in [-0.4, -0.2) is 26.4 Å². The summed E-state index contributed by atoms with van der Waals surface area (Å²) in [5.74, 6) is -0.938. The zero-order chi connectivity index (χ0) is 17.8. The lowest BCUT2D eigenvalue weighted by molar-refractivity contribution is -0.113. The van der Waals surface area contributed by atoms with Crippen molar-refractivity contribution in [2.75, 3.05) is 11.1 Å². The molecule has 0 saturated carbocycles. The Hall–Kier alpha value is -2.26. The van der Waals surface area contributed by atoms with Crippen LogP contribution in [0.2, 0.25) is 0 Å². The molecule has 0 unspecified atom stereocenters. The van der Waals surface area contributed by atoms with Crippen LogP contribution in [0.1, 0.15) is 10.7 Å². The third-order valence-electron chi connectivity index (χ3n) is 3.37. The summed E-state index contributed by atoms with van der Waals surface area (Å²) >= 11 is 2.82. The lowest BCUT2D eigenvalue weighted by atomic mass is 10.3. The van der Waals surface area contributed by atoms with Crippen LogP contribution in [-0.2, 0) is 18.3 Å². The highest BCUT2D eigenvalue weighted by Crippen LogP contribution is 2.20. The Balaban J connectivity index is 1.59. The summed E-state index contributed by atoms with van der Waals surface area (Å²) in [6, 6.07) is 6.90. The fourth-order valence-electron chi connectivity index (χ4n) is 2.10. The Morgan fingerprint density at radius 3 is 2.92 bits per heavy atom. The fraction of sp³-hybridized carbons (Fsp3) is 0.188. The number of amides is 1. The van der Waals surface area contributed by atoms with E-state index in [2.05, 4.69) is 15.5 Å². The number of thioether (sulfide) groups is 1. The van der Waals surface area contributed by atoms with E-state index in [1.54, 1.807) is 11.3 Å². The van der Waals surface area contributed by atoms with Crippen molar-refractivity contribution in [3.63, 3.8) is 0 Å². The van der Waals surface area contributed by atoms with Gasteiger partial charge in [0, 0.05) is 24.4 Å². The van der Waals surface area contributed by atoms with E-state index in [1.165, 1.54) is 16.6 Å². The first-order chi connectivity index (χ1) is 12.0. The van der Waals surface area contributed by atoms with E-state index in [-0.39, 0.29) is 11.4 Å². The normalized spacial score (nSPS) is 10.8. The van der Waals surface area contributed by atoms with E-state index < -0.39 is 17.5 Å². The second kappa shape index (κ2) is 7.75. The molecule has 130 valence electrons. The van der Waals surface area contributed by atoms with Gasteiger partial charge in [0.1, 0.15) is 17.5 Å². The van der Waals surface area contributed by atoms with Crippen LogP contribution in [0.25, 0.3) is 0 Å². The lowest BCUT2D eigenvalue weighted by Gasteiger charge is -2.06. The monoisotopic (exact) mass is 380 g/mol. The first-order valence-corrected chi connectivity index (χ1v) is 9.18. The maximum absolute atomic E-state index is 13.5. The molecule has 0 aliphatic rings. The Morgan fingerprint density at radius 1 is 1.32 bits per heavy atom. The Morgan fingerprint density at radius 2 is 2.16 bits per heavy atom. The first kappa shape index (κ1) is 17.6. The van der Waals surface area contributed by atoms with Crippen molar-refractivity contribution < 1.29 is 13.6 Å². The number of halogens is 2. The first-order valence-electron chi connectivity index (χ1n) is 7.31. The second-order valence-corrected chi connectivity index (χ2v) is 7.15. The summed E-state index contributed by atoms with van der Waals surface area (Å²) in [6.07, 6.45) is 0.669. The zero-order valence-electron chi connectivity index (χ0n) is 13.2. The number of anilines is 1. The number of benzene rings is 1. The van der Waals surface area contributed by atoms with Crippen molar-refractivity contribution in [1.29, 1.82) is 0 Å². The molecule has 9 heteroatoms. The Bertz CT molecular complexity index is 880. The molecule has 3 aromatic rings. The van der Waals surface area contributed by atoms with Gasteiger partial charge in [-0.15, -0.1) is 21.5 Å². The minimum Gasteiger partial charge on any atom is -0.323 e. The molecule has 0 fully saturated rings. The number of hydrogen-bond acceptors (Lipinski definition) is 5. The van der Waals surface area contributed by atoms with E-state index in [1.807, 2.05) is 29.1 Å². The quantitative estimate of drug-likeness (QED) is 0.665. The molecule has 0 saturated heterocycles. The Kier molecular flexibility index (Phi) is 5.44. The third-order valence-corrected chi connectivity index (χ3v) is 5.27. The number of nitrogens with one attached hydrogen (secondary N) is 1. The largest absolute Gasteiger partial charge is 0.323 e. The number of carbonyl (C=O) groups excluding carboxylic acids is 1. The van der Waals surface area contributed by atoms with Crippen molar-refractivity contribution >= 4 is 34.7 Å². The van der Waals surface area contributed by atoms with Gasteiger partial charge in [0.25, 0.3) is 0 Å². The van der Waals surface area contributed by atoms with Crippen LogP contribution in [0.4, 0.5) is 14.5 Å². The van der Waals surface area contributed by atoms with Gasteiger partial charge in [-0.2, -0.15) is 0 Å². The molecule has 5 nitrogen and oxygen atoms in total. The molecule has 0 atom stereocenters. The van der Waals surface area contributed by atoms with E-state index in [0.29, 0.717) is 11.6 Å². The molecule has 0 aliphatic heterocycles. The van der Waals surface area contributed by atoms with Crippen LogP contribution in [0.5, 0.6) is 0 Å². The molecule has 25 heavy (non-hydrogen) atoms. The van der Waals surface area contributed by atoms with Gasteiger partial charge in [-0.1, -0.05) is 17.8 Å². The topological polar surface area (TPSA) is 59.8 Å². The predicted molar refractivity (Wildman–Crippen MR) is 93.8 cm³/mol. The number of thiophene rings is 1. The van der Waals surface area contributed by atoms with E-state index in [0.717, 1.165) is 24.0 Å². The van der Waals surface area contributed by atoms with Crippen molar-refractivity contribution in [2.45, 2.75) is 11.6 Å². The van der Waals surface area contributed by atoms with Crippen molar-refractivity contribution in [3.8, 4) is 0 Å². The van der Waals surface area contributed by atoms with E-state index >= 15 is 0 Å². The summed E-state index contributed by atoms with van der Waals surface area (Å²) in [4.78, 5) is 13.1. The zero-order valence-corrected chi connectivity index (χ0v) is 14.8. The molecule has 2 aromatic heterocycles. The average Bonchev–Trinajstić information content (AvgIpc) is 3.21. The summed E-state index contributed by atoms with van der Waals surface area (Å²) in [5, 5.41) is 13.1. The van der Waals surface area contributed by atoms with Crippen LogP contribution in [0, 0.1) is 11.6 Å². The van der Waals surface area contributed by atoms with Gasteiger partial charge < -0.3 is 9.88 Å². The summed E-state index contributed by atoms with van der Waals surface area (Å²) in [7, 11) is 1.83. The minimum atomic E-state index is -0.684. The van der Waals surface area contributed by atoms with Crippen LogP contribution < -0.4 is 5.32 Å². The minimum absolute atomic E-state index is 0.0148. The van der Waals surface area contributed by atoms with Gasteiger partial charge in [-0.25, -0.2) is 8.78 Å². The highest BCUT2D eigenvalue weighted by Gasteiger charge is 2.13. The highest BCUT2D eigenvalue weighted by atomic mass is 32.2. The van der Waals surface area contributed by atoms with Crippen LogP contribution in [0.15, 0.2) is 40.9 Å². The van der Waals surface area contributed by atoms with Gasteiger partial charge in [-0.05, 0) is 23.6 Å². The Labute approximate surface area is 151 Å². The molecule has 0 bridgehead atoms. The molecular weight excluding hydrogens is 366 g/mol. The van der Waals surface area contributed by atoms with Gasteiger partial charge >= 0.3 is 0 Å². The molecular formula is C16H14F2N4OS2. The molecule has 3 rings (SSSR count). The van der Waals surface area contributed by atoms with Crippen LogP contribution >= 0.6 is 23.1 Å². The molecule has 1 aromatic carbocycles. The molecule has 0 radical (unpaired) electrons. The number of aromatic nitrogens is 3. The standard InChI is InChI=1S/C16H14F2N4OS2/c1-22-14(8-11-3-2-6-24-11)20-21-16(22)25-9-15(23)19-13-7-10(17)4-5-12(13)18/h2-7H,8-9H2,1H3,(H,19,23). The predicted octanol–water partition coefficient (Wildman–Crippen LogP) is 3.48. The lowest BCUT2D eigenvalue weighted by Crippen LogP contribution is -2.15. The summed E-state index contributed by atoms with van der Waals surface area (Å²) in [5.41, 5.74) is -0.179. The third kappa shape index (κ3) is 4.43. The number of hydrogen-bond donors (Lipinski definition) is 1. The highest BCUT2D eigenvalue weighted by molar-refractivity contribution is 7.99. The smallest absolute Gasteiger partial charge is 0.234 e. The van der Waals surface area contributed by atoms with Crippen molar-refractivity contribution in [1.82, 2.24) is 14.8 Å². The van der Waals surface area contributed by atoms with Crippen molar-refractivity contribution in [2.24, 2.45) is 7.05 Å². The maximum atomic E-state index is 13.5. The molecule has 1 amide bonds. The number of nitrogens with zero attached hydrogens (tertiary/aromatic N) is 3. The average molecular weight is 380 g/mol. The maximum Gasteiger partial charge on any atom is 0.234 e. The van der Waals surface area contributed by atoms with Gasteiger partial charge in [0.15, 0.2) is 5.16 Å². The molecule has 2 heterocycles. The van der Waals surface area contributed by atoms with Crippen LogP contribution in [0.3, 0.4) is 0 Å². The number of carbonyl (C=O) groups is 1. The van der Waals surface area contributed by atoms with E-state index in [4.69, 9.17) is 0 Å². The molecule has 0 aliphatic carbocycles.